The number of aryl methyl sites for hydroxylation is 4. The van der Waals surface area contributed by atoms with Crippen molar-refractivity contribution in [2.75, 3.05) is 0 Å². The Morgan fingerprint density at radius 3 is 1.18 bits per heavy atom. The Labute approximate surface area is 349 Å². The maximum atomic E-state index is 9.75. The molecular formula is C43H50B3F12N3. The van der Waals surface area contributed by atoms with Crippen molar-refractivity contribution in [3.05, 3.63) is 120 Å². The van der Waals surface area contributed by atoms with Crippen LogP contribution in [0.25, 0.3) is 39.3 Å². The van der Waals surface area contributed by atoms with Crippen LogP contribution in [-0.2, 0) is 38.8 Å². The zero-order chi connectivity index (χ0) is 44.8. The minimum absolute atomic E-state index is 1.06. The van der Waals surface area contributed by atoms with E-state index in [1.165, 1.54) is 113 Å². The molecule has 0 amide bonds. The molecule has 0 saturated carbocycles. The number of aromatic nitrogens is 3. The van der Waals surface area contributed by atoms with Gasteiger partial charge in [-0.25, -0.2) is 9.13 Å². The fourth-order valence-corrected chi connectivity index (χ4v) is 7.88. The maximum absolute atomic E-state index is 9.75. The maximum Gasteiger partial charge on any atom is 0.673 e. The van der Waals surface area contributed by atoms with Gasteiger partial charge in [0.25, 0.3) is 0 Å². The van der Waals surface area contributed by atoms with Crippen LogP contribution in [0.4, 0.5) is 51.8 Å². The number of rotatable bonds is 12. The molecule has 0 aliphatic heterocycles. The van der Waals surface area contributed by atoms with Crippen LogP contribution in [0.15, 0.2) is 97.6 Å². The Kier molecular flexibility index (Phi) is 17.9. The van der Waals surface area contributed by atoms with Crippen LogP contribution in [0.5, 0.6) is 0 Å². The lowest BCUT2D eigenvalue weighted by atomic mass is 9.77. The van der Waals surface area contributed by atoms with Crippen molar-refractivity contribution in [1.29, 1.82) is 0 Å². The van der Waals surface area contributed by atoms with Gasteiger partial charge in [0.1, 0.15) is 13.1 Å². The second-order valence-corrected chi connectivity index (χ2v) is 14.9. The molecule has 5 aromatic rings. The van der Waals surface area contributed by atoms with Crippen molar-refractivity contribution >= 4 is 21.8 Å². The van der Waals surface area contributed by atoms with Crippen LogP contribution in [0.2, 0.25) is 0 Å². The van der Waals surface area contributed by atoms with Gasteiger partial charge in [0.15, 0.2) is 24.8 Å². The van der Waals surface area contributed by atoms with Crippen molar-refractivity contribution in [2.24, 2.45) is 0 Å². The second kappa shape index (κ2) is 22.4. The lowest BCUT2D eigenvalue weighted by Gasteiger charge is -2.28. The van der Waals surface area contributed by atoms with E-state index in [-0.39, 0.29) is 0 Å². The summed E-state index contributed by atoms with van der Waals surface area (Å²) < 4.78 is 124. The van der Waals surface area contributed by atoms with E-state index in [0.717, 1.165) is 38.8 Å². The fourth-order valence-electron chi connectivity index (χ4n) is 7.88. The Bertz CT molecular complexity index is 2020. The van der Waals surface area contributed by atoms with Crippen molar-refractivity contribution in [3.8, 4) is 39.3 Å². The van der Waals surface area contributed by atoms with Crippen LogP contribution < -0.4 is 13.7 Å². The predicted molar refractivity (Wildman–Crippen MR) is 218 cm³/mol. The Morgan fingerprint density at radius 2 is 0.803 bits per heavy atom. The quantitative estimate of drug-likeness (QED) is 0.0512. The van der Waals surface area contributed by atoms with E-state index >= 15 is 0 Å². The van der Waals surface area contributed by atoms with Gasteiger partial charge >= 0.3 is 21.8 Å². The van der Waals surface area contributed by atoms with Gasteiger partial charge in [0.2, 0.25) is 17.1 Å². The molecule has 330 valence electrons. The number of nitrogens with zero attached hydrogens (tertiary/aromatic N) is 3. The normalized spacial score (nSPS) is 12.8. The largest absolute Gasteiger partial charge is 0.673 e. The Morgan fingerprint density at radius 1 is 0.443 bits per heavy atom. The number of halogens is 12. The van der Waals surface area contributed by atoms with E-state index in [2.05, 4.69) is 125 Å². The molecule has 0 saturated heterocycles. The van der Waals surface area contributed by atoms with Gasteiger partial charge in [-0.3, -0.25) is 0 Å². The first kappa shape index (κ1) is 48.9. The first-order valence-electron chi connectivity index (χ1n) is 20.7. The first-order valence-corrected chi connectivity index (χ1v) is 20.7. The summed E-state index contributed by atoms with van der Waals surface area (Å²) in [6, 6.07) is 27.8. The molecule has 7 rings (SSSR count). The van der Waals surface area contributed by atoms with E-state index in [0.29, 0.717) is 0 Å². The highest BCUT2D eigenvalue weighted by Crippen LogP contribution is 2.45. The molecule has 3 heterocycles. The zero-order valence-electron chi connectivity index (χ0n) is 34.2. The molecule has 0 N–H and O–H groups in total. The van der Waals surface area contributed by atoms with E-state index in [1.807, 2.05) is 0 Å². The summed E-state index contributed by atoms with van der Waals surface area (Å²) in [5, 5.41) is 0. The van der Waals surface area contributed by atoms with Gasteiger partial charge in [-0.15, -0.1) is 0 Å². The highest BCUT2D eigenvalue weighted by Gasteiger charge is 2.39. The number of unbranched alkanes of at least 4 members (excludes halogenated alkanes) is 6. The van der Waals surface area contributed by atoms with Crippen LogP contribution in [-0.4, -0.2) is 21.8 Å². The highest BCUT2D eigenvalue weighted by atomic mass is 19.5. The molecule has 18 heteroatoms. The zero-order valence-corrected chi connectivity index (χ0v) is 34.2. The average Bonchev–Trinajstić information content (AvgIpc) is 3.19. The minimum Gasteiger partial charge on any atom is -0.418 e. The van der Waals surface area contributed by atoms with Crippen LogP contribution in [0.1, 0.15) is 87.5 Å². The van der Waals surface area contributed by atoms with Gasteiger partial charge in [-0.05, 0) is 67.3 Å². The summed E-state index contributed by atoms with van der Waals surface area (Å²) in [5.74, 6) is 0. The van der Waals surface area contributed by atoms with E-state index in [1.54, 1.807) is 0 Å². The molecular weight excluding hydrogens is 819 g/mol. The van der Waals surface area contributed by atoms with Crippen molar-refractivity contribution in [2.45, 2.75) is 104 Å². The van der Waals surface area contributed by atoms with Crippen LogP contribution >= 0.6 is 0 Å². The van der Waals surface area contributed by atoms with Crippen molar-refractivity contribution in [1.82, 2.24) is 0 Å². The number of pyridine rings is 3. The SMILES string of the molecule is CCCCCC[n+]1ccc(-c2c3c([n+](-c4cc[n+](CCCCCC)cc4)c4c2CCc2ccccc2-4)-c2ccccc2CC3)cc1.F[B-](F)(F)F.F[B-](F)(F)F.F[B-](F)(F)F. The molecule has 0 fully saturated rings. The summed E-state index contributed by atoms with van der Waals surface area (Å²) in [4.78, 5) is 0. The summed E-state index contributed by atoms with van der Waals surface area (Å²) in [6.45, 7) is 6.75. The summed E-state index contributed by atoms with van der Waals surface area (Å²) >= 11 is 0. The smallest absolute Gasteiger partial charge is 0.418 e. The van der Waals surface area contributed by atoms with Crippen molar-refractivity contribution in [3.63, 3.8) is 0 Å². The lowest BCUT2D eigenvalue weighted by molar-refractivity contribution is -0.698. The molecule has 0 radical (unpaired) electrons. The third kappa shape index (κ3) is 15.9. The molecule has 3 aromatic heterocycles. The highest BCUT2D eigenvalue weighted by molar-refractivity contribution is 6.50. The molecule has 0 atom stereocenters. The molecule has 2 aliphatic rings. The number of fused-ring (bicyclic) bond motifs is 6. The summed E-state index contributed by atoms with van der Waals surface area (Å²) in [6.07, 6.45) is 23.8. The molecule has 3 nitrogen and oxygen atoms in total. The summed E-state index contributed by atoms with van der Waals surface area (Å²) in [7, 11) is -18.0. The van der Waals surface area contributed by atoms with Crippen LogP contribution in [0.3, 0.4) is 0 Å². The minimum atomic E-state index is -6.00. The Hall–Kier alpha value is -4.76. The van der Waals surface area contributed by atoms with Gasteiger partial charge in [0.05, 0.1) is 23.3 Å². The molecule has 61 heavy (non-hydrogen) atoms. The topological polar surface area (TPSA) is 11.6 Å². The third-order valence-corrected chi connectivity index (χ3v) is 10.3. The van der Waals surface area contributed by atoms with Gasteiger partial charge in [-0.2, -0.15) is 4.57 Å². The van der Waals surface area contributed by atoms with Crippen molar-refractivity contribution < 1.29 is 65.5 Å². The number of hydrogen-bond acceptors (Lipinski definition) is 0. The standard InChI is InChI=1S/C43H50N3.3BF4/c1-3-5-7-13-27-44-29-23-35(24-30-44)41-39-21-19-33-15-9-11-17-37(33)42(39)46(36-25-31-45(32-26-36)28-14-8-6-4-2)43-38-18-12-10-16-34(38)20-22-40(41)43;3*2-1(3,4)5/h9-12,15-18,23-26,29-32H,3-8,13-14,19-22,27-28H2,1-2H3;;;/q+3;3*-1. The third-order valence-electron chi connectivity index (χ3n) is 10.3. The molecule has 0 spiro atoms. The van der Waals surface area contributed by atoms with E-state index in [4.69, 9.17) is 0 Å². The first-order chi connectivity index (χ1) is 28.8. The lowest BCUT2D eigenvalue weighted by Crippen LogP contribution is -2.42. The number of benzene rings is 2. The van der Waals surface area contributed by atoms with Gasteiger partial charge < -0.3 is 51.8 Å². The van der Waals surface area contributed by atoms with Gasteiger partial charge in [-0.1, -0.05) is 75.9 Å². The summed E-state index contributed by atoms with van der Waals surface area (Å²) in [5.41, 5.74) is 15.6. The molecule has 2 aliphatic carbocycles. The monoisotopic (exact) mass is 869 g/mol. The Balaban J connectivity index is 0.000000471. The molecule has 0 bridgehead atoms. The molecule has 2 aromatic carbocycles. The van der Waals surface area contributed by atoms with E-state index in [9.17, 15) is 51.8 Å². The van der Waals surface area contributed by atoms with Gasteiger partial charge in [0, 0.05) is 41.7 Å². The fraction of sp³-hybridized carbons (Fsp3) is 0.372. The van der Waals surface area contributed by atoms with Crippen LogP contribution in [0, 0.1) is 0 Å². The molecule has 0 unspecified atom stereocenters. The average molecular weight is 869 g/mol. The second-order valence-electron chi connectivity index (χ2n) is 14.9. The predicted octanol–water partition coefficient (Wildman–Crippen LogP) is 12.8. The van der Waals surface area contributed by atoms with E-state index < -0.39 is 21.8 Å². The number of hydrogen-bond donors (Lipinski definition) is 0.